The minimum Gasteiger partial charge on any atom is -0.493 e. The van der Waals surface area contributed by atoms with Crippen molar-refractivity contribution in [3.8, 4) is 5.75 Å². The molecule has 0 heterocycles. The molecule has 1 unspecified atom stereocenters. The number of aryl methyl sites for hydroxylation is 1. The summed E-state index contributed by atoms with van der Waals surface area (Å²) in [6.45, 7) is 4.97. The molecule has 0 spiro atoms. The Bertz CT molecular complexity index is 324. The fourth-order valence-electron chi connectivity index (χ4n) is 1.43. The van der Waals surface area contributed by atoms with Gasteiger partial charge in [-0.05, 0) is 42.4 Å². The third kappa shape index (κ3) is 3.91. The van der Waals surface area contributed by atoms with Crippen molar-refractivity contribution in [2.75, 3.05) is 12.4 Å². The van der Waals surface area contributed by atoms with Crippen LogP contribution >= 0.6 is 24.2 Å². The second kappa shape index (κ2) is 7.08. The normalized spacial score (nSPS) is 12.5. The van der Waals surface area contributed by atoms with E-state index in [0.29, 0.717) is 5.92 Å². The van der Waals surface area contributed by atoms with Crippen LogP contribution in [0, 0.1) is 5.92 Å². The van der Waals surface area contributed by atoms with E-state index in [0.717, 1.165) is 41.5 Å². The lowest BCUT2D eigenvalue weighted by atomic mass is 10.1. The molecule has 1 aromatic rings. The zero-order valence-electron chi connectivity index (χ0n) is 9.87. The maximum atomic E-state index is 6.05. The van der Waals surface area contributed by atoms with Crippen molar-refractivity contribution in [2.24, 2.45) is 5.92 Å². The van der Waals surface area contributed by atoms with E-state index in [1.54, 1.807) is 0 Å². The van der Waals surface area contributed by atoms with Crippen molar-refractivity contribution in [3.63, 3.8) is 0 Å². The van der Waals surface area contributed by atoms with E-state index in [-0.39, 0.29) is 0 Å². The Kier molecular flexibility index (Phi) is 6.07. The lowest BCUT2D eigenvalue weighted by Gasteiger charge is -2.14. The van der Waals surface area contributed by atoms with Crippen molar-refractivity contribution >= 4 is 24.2 Å². The summed E-state index contributed by atoms with van der Waals surface area (Å²) in [5.41, 5.74) is 1.14. The van der Waals surface area contributed by atoms with Gasteiger partial charge in [-0.3, -0.25) is 0 Å². The predicted octanol–water partition coefficient (Wildman–Crippen LogP) is 4.24. The number of rotatable bonds is 6. The third-order valence-corrected chi connectivity index (χ3v) is 3.60. The molecular formula is C13H19ClOS. The van der Waals surface area contributed by atoms with Gasteiger partial charge in [0.2, 0.25) is 0 Å². The van der Waals surface area contributed by atoms with Crippen molar-refractivity contribution in [1.29, 1.82) is 0 Å². The number of ether oxygens (including phenoxy) is 1. The van der Waals surface area contributed by atoms with Gasteiger partial charge in [0.15, 0.2) is 0 Å². The van der Waals surface area contributed by atoms with Gasteiger partial charge in [0.1, 0.15) is 5.75 Å². The van der Waals surface area contributed by atoms with Crippen molar-refractivity contribution in [1.82, 2.24) is 0 Å². The average molecular weight is 259 g/mol. The number of benzene rings is 1. The van der Waals surface area contributed by atoms with E-state index in [1.807, 2.05) is 18.2 Å². The highest BCUT2D eigenvalue weighted by Gasteiger charge is 2.06. The Balaban J connectivity index is 2.60. The Morgan fingerprint density at radius 3 is 2.69 bits per heavy atom. The smallest absolute Gasteiger partial charge is 0.119 e. The first-order valence-electron chi connectivity index (χ1n) is 5.73. The zero-order valence-corrected chi connectivity index (χ0v) is 11.5. The highest BCUT2D eigenvalue weighted by Crippen LogP contribution is 2.23. The van der Waals surface area contributed by atoms with E-state index in [4.69, 9.17) is 16.3 Å². The van der Waals surface area contributed by atoms with Crippen LogP contribution in [-0.2, 0) is 6.42 Å². The molecule has 0 aliphatic carbocycles. The molecular weight excluding hydrogens is 240 g/mol. The van der Waals surface area contributed by atoms with Crippen LogP contribution in [0.25, 0.3) is 0 Å². The zero-order chi connectivity index (χ0) is 12.0. The van der Waals surface area contributed by atoms with Crippen LogP contribution < -0.4 is 4.74 Å². The van der Waals surface area contributed by atoms with Crippen LogP contribution in [-0.4, -0.2) is 12.4 Å². The predicted molar refractivity (Wildman–Crippen MR) is 74.0 cm³/mol. The molecule has 0 aliphatic rings. The molecule has 0 N–H and O–H groups in total. The molecule has 1 rings (SSSR count). The third-order valence-electron chi connectivity index (χ3n) is 2.72. The molecule has 0 saturated heterocycles. The van der Waals surface area contributed by atoms with Gasteiger partial charge in [-0.2, -0.15) is 12.6 Å². The Labute approximate surface area is 109 Å². The molecule has 0 saturated carbocycles. The lowest BCUT2D eigenvalue weighted by Crippen LogP contribution is -2.12. The summed E-state index contributed by atoms with van der Waals surface area (Å²) in [6, 6.07) is 5.84. The minimum atomic E-state index is 0.518. The van der Waals surface area contributed by atoms with Crippen LogP contribution in [0.2, 0.25) is 5.02 Å². The molecule has 90 valence electrons. The topological polar surface area (TPSA) is 9.23 Å². The number of hydrogen-bond donors (Lipinski definition) is 1. The summed E-state index contributed by atoms with van der Waals surface area (Å²) in [7, 11) is 0. The summed E-state index contributed by atoms with van der Waals surface area (Å²) in [4.78, 5) is 0. The summed E-state index contributed by atoms with van der Waals surface area (Å²) in [6.07, 6.45) is 2.03. The number of hydrogen-bond acceptors (Lipinski definition) is 2. The fourth-order valence-corrected chi connectivity index (χ4v) is 2.04. The maximum absolute atomic E-state index is 6.05. The number of halogens is 1. The molecule has 1 atom stereocenters. The molecule has 0 aliphatic heterocycles. The SMILES string of the molecule is CCc1cc(OCC(CC)CS)ccc1Cl. The standard InChI is InChI=1S/C13H19ClOS/c1-3-10(9-16)8-15-12-5-6-13(14)11(4-2)7-12/h5-7,10,16H,3-4,8-9H2,1-2H3. The Hall–Kier alpha value is -0.340. The van der Waals surface area contributed by atoms with Gasteiger partial charge in [0, 0.05) is 10.9 Å². The average Bonchev–Trinajstić information content (AvgIpc) is 2.32. The molecule has 1 nitrogen and oxygen atoms in total. The van der Waals surface area contributed by atoms with E-state index in [9.17, 15) is 0 Å². The second-order valence-corrected chi connectivity index (χ2v) is 4.65. The molecule has 3 heteroatoms. The van der Waals surface area contributed by atoms with Crippen LogP contribution in [0.4, 0.5) is 0 Å². The summed E-state index contributed by atoms with van der Waals surface area (Å²) < 4.78 is 5.74. The van der Waals surface area contributed by atoms with Gasteiger partial charge in [-0.1, -0.05) is 25.4 Å². The monoisotopic (exact) mass is 258 g/mol. The fraction of sp³-hybridized carbons (Fsp3) is 0.538. The molecule has 16 heavy (non-hydrogen) atoms. The van der Waals surface area contributed by atoms with Gasteiger partial charge in [0.05, 0.1) is 6.61 Å². The van der Waals surface area contributed by atoms with Crippen LogP contribution in [0.5, 0.6) is 5.75 Å². The largest absolute Gasteiger partial charge is 0.493 e. The first-order valence-corrected chi connectivity index (χ1v) is 6.74. The van der Waals surface area contributed by atoms with Crippen LogP contribution in [0.15, 0.2) is 18.2 Å². The summed E-state index contributed by atoms with van der Waals surface area (Å²) >= 11 is 10.3. The van der Waals surface area contributed by atoms with Crippen molar-refractivity contribution in [2.45, 2.75) is 26.7 Å². The Morgan fingerprint density at radius 2 is 2.12 bits per heavy atom. The van der Waals surface area contributed by atoms with E-state index < -0.39 is 0 Å². The molecule has 0 amide bonds. The van der Waals surface area contributed by atoms with Crippen molar-refractivity contribution < 1.29 is 4.74 Å². The minimum absolute atomic E-state index is 0.518. The lowest BCUT2D eigenvalue weighted by molar-refractivity contribution is 0.259. The van der Waals surface area contributed by atoms with Gasteiger partial charge in [0.25, 0.3) is 0 Å². The van der Waals surface area contributed by atoms with Crippen LogP contribution in [0.3, 0.4) is 0 Å². The molecule has 0 fully saturated rings. The van der Waals surface area contributed by atoms with E-state index in [1.165, 1.54) is 0 Å². The quantitative estimate of drug-likeness (QED) is 0.751. The van der Waals surface area contributed by atoms with Gasteiger partial charge < -0.3 is 4.74 Å². The Morgan fingerprint density at radius 1 is 1.38 bits per heavy atom. The molecule has 0 bridgehead atoms. The van der Waals surface area contributed by atoms with Gasteiger partial charge in [-0.25, -0.2) is 0 Å². The molecule has 0 aromatic heterocycles. The molecule has 1 aromatic carbocycles. The summed E-state index contributed by atoms with van der Waals surface area (Å²) in [5.74, 6) is 2.29. The summed E-state index contributed by atoms with van der Waals surface area (Å²) in [5, 5.41) is 0.816. The van der Waals surface area contributed by atoms with E-state index >= 15 is 0 Å². The molecule has 0 radical (unpaired) electrons. The maximum Gasteiger partial charge on any atom is 0.119 e. The van der Waals surface area contributed by atoms with Gasteiger partial charge >= 0.3 is 0 Å². The first kappa shape index (κ1) is 13.7. The first-order chi connectivity index (χ1) is 7.71. The van der Waals surface area contributed by atoms with Crippen molar-refractivity contribution in [3.05, 3.63) is 28.8 Å². The van der Waals surface area contributed by atoms with Gasteiger partial charge in [-0.15, -0.1) is 0 Å². The highest BCUT2D eigenvalue weighted by molar-refractivity contribution is 7.80. The van der Waals surface area contributed by atoms with Crippen LogP contribution in [0.1, 0.15) is 25.8 Å². The van der Waals surface area contributed by atoms with E-state index in [2.05, 4.69) is 26.5 Å². The number of thiol groups is 1. The second-order valence-electron chi connectivity index (χ2n) is 3.87. The highest BCUT2D eigenvalue weighted by atomic mass is 35.5.